The summed E-state index contributed by atoms with van der Waals surface area (Å²) in [5.41, 5.74) is 6.25. The van der Waals surface area contributed by atoms with Crippen molar-refractivity contribution in [3.63, 3.8) is 0 Å². The van der Waals surface area contributed by atoms with E-state index in [1.54, 1.807) is 0 Å². The van der Waals surface area contributed by atoms with E-state index < -0.39 is 82.8 Å². The topological polar surface area (TPSA) is 258 Å². The van der Waals surface area contributed by atoms with Crippen LogP contribution in [0.5, 0.6) is 0 Å². The molecule has 0 saturated carbocycles. The van der Waals surface area contributed by atoms with E-state index in [4.69, 9.17) is 38.4 Å². The van der Waals surface area contributed by atoms with Gasteiger partial charge in [0.15, 0.2) is 0 Å². The van der Waals surface area contributed by atoms with Gasteiger partial charge in [-0.05, 0) is 0 Å². The van der Waals surface area contributed by atoms with Crippen LogP contribution in [0.1, 0.15) is 12.5 Å². The number of nitrogens with zero attached hydrogens (tertiary/aromatic N) is 8. The molecule has 3 saturated heterocycles. The number of halogens is 2. The fourth-order valence-electron chi connectivity index (χ4n) is 5.45. The van der Waals surface area contributed by atoms with E-state index in [1.807, 2.05) is 0 Å². The summed E-state index contributed by atoms with van der Waals surface area (Å²) < 4.78 is 68.7. The van der Waals surface area contributed by atoms with Crippen molar-refractivity contribution in [3.05, 3.63) is 25.3 Å². The van der Waals surface area contributed by atoms with Crippen LogP contribution in [-0.2, 0) is 27.6 Å². The SMILES string of the molecule is Nc1ncnc2c1ncn2[C@@H]1O[C@@H]2CO[PH](O)(S)O[C@@H]3[C@H](F)[C@@H](CO[PH](O)(S)O[C@@H]1[C@@H]2F)O[C@H]3n1cnc2c(NC(=O)O)ncnc21. The molecular formula is C21H26F2N10O10P2S2. The van der Waals surface area contributed by atoms with Crippen LogP contribution in [0.2, 0.25) is 0 Å². The number of imidazole rings is 2. The zero-order valence-electron chi connectivity index (χ0n) is 23.3. The van der Waals surface area contributed by atoms with Gasteiger partial charge in [0, 0.05) is 0 Å². The Balaban J connectivity index is 1.20. The number of anilines is 2. The summed E-state index contributed by atoms with van der Waals surface area (Å²) in [7, 11) is -9.19. The number of nitrogens with one attached hydrogen (secondary N) is 1. The summed E-state index contributed by atoms with van der Waals surface area (Å²) in [6, 6.07) is 0. The van der Waals surface area contributed by atoms with Gasteiger partial charge < -0.3 is 0 Å². The van der Waals surface area contributed by atoms with E-state index in [0.717, 1.165) is 6.33 Å². The minimum absolute atomic E-state index is 0.00467. The van der Waals surface area contributed by atoms with Gasteiger partial charge in [0.25, 0.3) is 0 Å². The number of thiol groups is 2. The average molecular weight is 743 g/mol. The Kier molecular flexibility index (Phi) is 8.59. The van der Waals surface area contributed by atoms with Crippen LogP contribution < -0.4 is 11.1 Å². The number of rotatable bonds is 3. The zero-order chi connectivity index (χ0) is 33.2. The molecule has 0 spiro atoms. The Bertz CT molecular complexity index is 1830. The number of amides is 1. The zero-order valence-corrected chi connectivity index (χ0v) is 27.1. The second-order valence-corrected chi connectivity index (χ2v) is 17.1. The first kappa shape index (κ1) is 32.8. The number of carbonyl (C=O) groups is 1. The van der Waals surface area contributed by atoms with Gasteiger partial charge in [-0.1, -0.05) is 0 Å². The number of aromatic nitrogens is 8. The first-order valence-corrected chi connectivity index (χ1v) is 19.6. The van der Waals surface area contributed by atoms with Gasteiger partial charge in [0.1, 0.15) is 0 Å². The van der Waals surface area contributed by atoms with Crippen LogP contribution in [0.25, 0.3) is 22.3 Å². The number of nitrogen functional groups attached to an aromatic ring is 1. The standard InChI is InChI=1S/C21H26F2N10O10P2S2/c22-9-7-1-38-45(37,47)43-14-10(23)8(41-20(14)33-6-30-12-16(31-21(34)35)26-4-28-18(12)33)2-39-44(36,46)42-13(9)19(40-7)32-5-29-11-15(24)25-3-27-17(11)32/h3-10,13-14,19-20,36-37,44-47H,1-2H2,(H,34,35)(H2,24,25,27)(H,26,28,31)/t7-,8-,9-,10-,13-,14-,19-,20-/m1/s1. The molecular weight excluding hydrogens is 716 g/mol. The summed E-state index contributed by atoms with van der Waals surface area (Å²) in [5.74, 6) is -0.110. The summed E-state index contributed by atoms with van der Waals surface area (Å²) in [6.45, 7) is -1.34. The number of fused-ring (bicyclic) bond motifs is 6. The van der Waals surface area contributed by atoms with Gasteiger partial charge in [-0.25, -0.2) is 0 Å². The second kappa shape index (κ2) is 12.3. The number of hydrogen-bond acceptors (Lipinski definition) is 18. The van der Waals surface area contributed by atoms with Crippen molar-refractivity contribution in [1.82, 2.24) is 39.0 Å². The Morgan fingerprint density at radius 3 is 1.87 bits per heavy atom. The molecule has 3 aliphatic heterocycles. The monoisotopic (exact) mass is 742 g/mol. The molecule has 0 radical (unpaired) electrons. The van der Waals surface area contributed by atoms with Crippen LogP contribution in [0.4, 0.5) is 25.2 Å². The van der Waals surface area contributed by atoms with Crippen molar-refractivity contribution < 1.29 is 56.0 Å². The third-order valence-electron chi connectivity index (χ3n) is 7.50. The number of hydrogen-bond donors (Lipinski definition) is 7. The van der Waals surface area contributed by atoms with Crippen molar-refractivity contribution >= 4 is 78.8 Å². The molecule has 1 amide bonds. The molecule has 256 valence electrons. The number of carboxylic acid groups (broad SMARTS) is 1. The van der Waals surface area contributed by atoms with Gasteiger partial charge in [-0.2, -0.15) is 0 Å². The Morgan fingerprint density at radius 2 is 1.34 bits per heavy atom. The van der Waals surface area contributed by atoms with E-state index in [0.29, 0.717) is 0 Å². The van der Waals surface area contributed by atoms with Crippen LogP contribution in [0, 0.1) is 0 Å². The van der Waals surface area contributed by atoms with Gasteiger partial charge in [-0.3, -0.25) is 0 Å². The maximum atomic E-state index is 16.0. The van der Waals surface area contributed by atoms with E-state index >= 15 is 8.78 Å². The normalized spacial score (nSPS) is 33.7. The molecule has 7 heterocycles. The van der Waals surface area contributed by atoms with Crippen LogP contribution in [0.15, 0.2) is 25.3 Å². The van der Waals surface area contributed by atoms with Gasteiger partial charge in [0.2, 0.25) is 0 Å². The molecule has 3 fully saturated rings. The van der Waals surface area contributed by atoms with E-state index in [9.17, 15) is 14.6 Å². The molecule has 3 aliphatic rings. The van der Waals surface area contributed by atoms with E-state index in [2.05, 4.69) is 59.7 Å². The molecule has 47 heavy (non-hydrogen) atoms. The molecule has 4 aromatic heterocycles. The number of nitrogens with two attached hydrogens (primary N) is 1. The molecule has 0 aromatic carbocycles. The predicted octanol–water partition coefficient (Wildman–Crippen LogP) is 1.29. The van der Waals surface area contributed by atoms with Crippen molar-refractivity contribution in [2.75, 3.05) is 24.3 Å². The van der Waals surface area contributed by atoms with Gasteiger partial charge in [-0.15, -0.1) is 0 Å². The molecule has 4 bridgehead atoms. The third-order valence-corrected chi connectivity index (χ3v) is 11.1. The van der Waals surface area contributed by atoms with E-state index in [-0.39, 0.29) is 34.0 Å². The fraction of sp³-hybridized carbons (Fsp3) is 0.476. The molecule has 4 aromatic rings. The van der Waals surface area contributed by atoms with Crippen molar-refractivity contribution in [2.24, 2.45) is 0 Å². The quantitative estimate of drug-likeness (QED) is 0.115. The molecule has 0 unspecified atom stereocenters. The predicted molar refractivity (Wildman–Crippen MR) is 165 cm³/mol. The molecule has 6 N–H and O–H groups in total. The van der Waals surface area contributed by atoms with Crippen LogP contribution in [0.3, 0.4) is 0 Å². The first-order valence-electron chi connectivity index (χ1n) is 13.5. The molecule has 8 atom stereocenters. The first-order chi connectivity index (χ1) is 22.3. The summed E-state index contributed by atoms with van der Waals surface area (Å²) >= 11 is 8.26. The maximum absolute atomic E-state index is 16.0. The third kappa shape index (κ3) is 6.17. The van der Waals surface area contributed by atoms with Crippen molar-refractivity contribution in [1.29, 1.82) is 0 Å². The number of alkyl halides is 2. The molecule has 26 heteroatoms. The minimum atomic E-state index is -4.61. The second-order valence-electron chi connectivity index (χ2n) is 10.5. The van der Waals surface area contributed by atoms with Gasteiger partial charge >= 0.3 is 273 Å². The Labute approximate surface area is 272 Å². The Morgan fingerprint density at radius 1 is 0.851 bits per heavy atom. The average Bonchev–Trinajstić information content (AvgIpc) is 3.76. The molecule has 20 nitrogen and oxygen atoms in total. The summed E-state index contributed by atoms with van der Waals surface area (Å²) in [5, 5.41) is 11.2. The van der Waals surface area contributed by atoms with Crippen LogP contribution in [-0.4, -0.2) is 110 Å². The number of ether oxygens (including phenoxy) is 2. The molecule has 0 aliphatic carbocycles. The summed E-state index contributed by atoms with van der Waals surface area (Å²) in [6.07, 6.45) is -9.76. The fourth-order valence-corrected chi connectivity index (χ4v) is 8.73. The van der Waals surface area contributed by atoms with Gasteiger partial charge in [0.05, 0.1) is 0 Å². The van der Waals surface area contributed by atoms with Crippen molar-refractivity contribution in [3.8, 4) is 0 Å². The van der Waals surface area contributed by atoms with E-state index in [1.165, 1.54) is 28.1 Å². The molecule has 7 rings (SSSR count). The van der Waals surface area contributed by atoms with Crippen LogP contribution >= 0.6 is 38.8 Å². The van der Waals surface area contributed by atoms with Crippen molar-refractivity contribution in [2.45, 2.75) is 49.2 Å². The Hall–Kier alpha value is -2.73. The summed E-state index contributed by atoms with van der Waals surface area (Å²) in [4.78, 5) is 57.6.